The molecule has 0 aliphatic heterocycles. The molecular weight excluding hydrogens is 321 g/mol. The fourth-order valence-electron chi connectivity index (χ4n) is 1.52. The Morgan fingerprint density at radius 3 is 2.75 bits per heavy atom. The van der Waals surface area contributed by atoms with E-state index in [9.17, 15) is 0 Å². The molecule has 0 bridgehead atoms. The van der Waals surface area contributed by atoms with E-state index in [0.29, 0.717) is 35.6 Å². The van der Waals surface area contributed by atoms with Crippen molar-refractivity contribution in [3.8, 4) is 5.75 Å². The molecule has 0 spiro atoms. The SMILES string of the molecule is COCCNCc1cc(Cl)cc(Cl)c1OC/C(C)=C/Cl. The van der Waals surface area contributed by atoms with E-state index < -0.39 is 0 Å². The maximum atomic E-state index is 6.19. The summed E-state index contributed by atoms with van der Waals surface area (Å²) < 4.78 is 10.7. The van der Waals surface area contributed by atoms with Gasteiger partial charge in [0.15, 0.2) is 0 Å². The van der Waals surface area contributed by atoms with E-state index in [-0.39, 0.29) is 0 Å². The Morgan fingerprint density at radius 1 is 1.35 bits per heavy atom. The van der Waals surface area contributed by atoms with Crippen LogP contribution < -0.4 is 10.1 Å². The average Bonchev–Trinajstić information content (AvgIpc) is 2.42. The summed E-state index contributed by atoms with van der Waals surface area (Å²) in [6, 6.07) is 3.50. The Bertz CT molecular complexity index is 464. The summed E-state index contributed by atoms with van der Waals surface area (Å²) in [6.07, 6.45) is 0. The average molecular weight is 339 g/mol. The maximum Gasteiger partial charge on any atom is 0.142 e. The number of halogens is 3. The quantitative estimate of drug-likeness (QED) is 0.719. The minimum atomic E-state index is 0.385. The Kier molecular flexibility index (Phi) is 8.34. The third-order valence-electron chi connectivity index (χ3n) is 2.51. The first-order valence-corrected chi connectivity index (χ1v) is 7.34. The molecule has 1 rings (SSSR count). The van der Waals surface area contributed by atoms with E-state index >= 15 is 0 Å². The smallest absolute Gasteiger partial charge is 0.142 e. The first-order valence-electron chi connectivity index (χ1n) is 6.14. The Labute approximate surface area is 134 Å². The number of hydrogen-bond donors (Lipinski definition) is 1. The van der Waals surface area contributed by atoms with Gasteiger partial charge in [0.1, 0.15) is 12.4 Å². The second-order valence-corrected chi connectivity index (χ2v) is 5.35. The standard InChI is InChI=1S/C14H18Cl3NO2/c1-10(7-15)9-20-14-11(8-18-3-4-19-2)5-12(16)6-13(14)17/h5-7,18H,3-4,8-9H2,1-2H3/b10-7+. The van der Waals surface area contributed by atoms with E-state index in [1.54, 1.807) is 13.2 Å². The summed E-state index contributed by atoms with van der Waals surface area (Å²) in [5.74, 6) is 0.624. The van der Waals surface area contributed by atoms with E-state index in [1.807, 2.05) is 13.0 Å². The van der Waals surface area contributed by atoms with Crippen LogP contribution in [0.2, 0.25) is 10.0 Å². The highest BCUT2D eigenvalue weighted by Crippen LogP contribution is 2.32. The first-order chi connectivity index (χ1) is 9.58. The minimum absolute atomic E-state index is 0.385. The lowest BCUT2D eigenvalue weighted by atomic mass is 10.2. The van der Waals surface area contributed by atoms with Crippen molar-refractivity contribution >= 4 is 34.8 Å². The van der Waals surface area contributed by atoms with Gasteiger partial charge in [-0.2, -0.15) is 0 Å². The van der Waals surface area contributed by atoms with E-state index in [2.05, 4.69) is 5.32 Å². The highest BCUT2D eigenvalue weighted by atomic mass is 35.5. The summed E-state index contributed by atoms with van der Waals surface area (Å²) in [7, 11) is 1.66. The third-order valence-corrected chi connectivity index (χ3v) is 3.39. The van der Waals surface area contributed by atoms with Crippen LogP contribution in [0.25, 0.3) is 0 Å². The Morgan fingerprint density at radius 2 is 2.10 bits per heavy atom. The molecule has 1 N–H and O–H groups in total. The number of nitrogens with one attached hydrogen (secondary N) is 1. The number of rotatable bonds is 8. The van der Waals surface area contributed by atoms with Gasteiger partial charge >= 0.3 is 0 Å². The molecule has 0 saturated carbocycles. The van der Waals surface area contributed by atoms with Gasteiger partial charge < -0.3 is 14.8 Å². The molecule has 1 aromatic rings. The predicted octanol–water partition coefficient (Wildman–Crippen LogP) is 4.25. The molecule has 0 fully saturated rings. The monoisotopic (exact) mass is 337 g/mol. The van der Waals surface area contributed by atoms with Crippen LogP contribution in [0.4, 0.5) is 0 Å². The molecule has 112 valence electrons. The molecule has 0 aliphatic rings. The molecule has 1 aromatic carbocycles. The number of ether oxygens (including phenoxy) is 2. The van der Waals surface area contributed by atoms with Crippen molar-refractivity contribution in [1.82, 2.24) is 5.32 Å². The van der Waals surface area contributed by atoms with Crippen molar-refractivity contribution in [2.24, 2.45) is 0 Å². The molecule has 0 amide bonds. The number of methoxy groups -OCH3 is 1. The third kappa shape index (κ3) is 5.90. The van der Waals surface area contributed by atoms with Gasteiger partial charge in [-0.05, 0) is 24.6 Å². The van der Waals surface area contributed by atoms with Crippen molar-refractivity contribution in [2.45, 2.75) is 13.5 Å². The zero-order chi connectivity index (χ0) is 15.0. The highest BCUT2D eigenvalue weighted by molar-refractivity contribution is 6.35. The van der Waals surface area contributed by atoms with Gasteiger partial charge in [-0.15, -0.1) is 0 Å². The highest BCUT2D eigenvalue weighted by Gasteiger charge is 2.11. The second kappa shape index (κ2) is 9.48. The molecule has 0 unspecified atom stereocenters. The van der Waals surface area contributed by atoms with Crippen molar-refractivity contribution in [1.29, 1.82) is 0 Å². The van der Waals surface area contributed by atoms with Crippen molar-refractivity contribution in [3.63, 3.8) is 0 Å². The van der Waals surface area contributed by atoms with E-state index in [4.69, 9.17) is 44.3 Å². The van der Waals surface area contributed by atoms with Crippen molar-refractivity contribution < 1.29 is 9.47 Å². The molecule has 0 atom stereocenters. The van der Waals surface area contributed by atoms with Crippen LogP contribution in [0.1, 0.15) is 12.5 Å². The van der Waals surface area contributed by atoms with Gasteiger partial charge in [0.25, 0.3) is 0 Å². The van der Waals surface area contributed by atoms with Gasteiger partial charge in [-0.25, -0.2) is 0 Å². The first kappa shape index (κ1) is 17.6. The molecule has 0 heterocycles. The summed E-state index contributed by atoms with van der Waals surface area (Å²) in [6.45, 7) is 4.24. The van der Waals surface area contributed by atoms with Crippen LogP contribution in [-0.2, 0) is 11.3 Å². The van der Waals surface area contributed by atoms with Gasteiger partial charge in [-0.1, -0.05) is 34.8 Å². The van der Waals surface area contributed by atoms with Gasteiger partial charge in [0, 0.05) is 36.3 Å². The molecule has 0 radical (unpaired) electrons. The van der Waals surface area contributed by atoms with Crippen LogP contribution in [0, 0.1) is 0 Å². The summed E-state index contributed by atoms with van der Waals surface area (Å²) in [5, 5.41) is 4.30. The fraction of sp³-hybridized carbons (Fsp3) is 0.429. The van der Waals surface area contributed by atoms with Crippen LogP contribution >= 0.6 is 34.8 Å². The summed E-state index contributed by atoms with van der Waals surface area (Å²) in [5.41, 5.74) is 3.30. The number of benzene rings is 1. The van der Waals surface area contributed by atoms with Crippen molar-refractivity contribution in [2.75, 3.05) is 26.9 Å². The van der Waals surface area contributed by atoms with E-state index in [0.717, 1.165) is 17.7 Å². The summed E-state index contributed by atoms with van der Waals surface area (Å²) >= 11 is 17.8. The zero-order valence-electron chi connectivity index (χ0n) is 11.5. The molecular formula is C14H18Cl3NO2. The lowest BCUT2D eigenvalue weighted by Crippen LogP contribution is -2.19. The Balaban J connectivity index is 2.78. The molecule has 0 aliphatic carbocycles. The summed E-state index contributed by atoms with van der Waals surface area (Å²) in [4.78, 5) is 0. The van der Waals surface area contributed by atoms with Gasteiger partial charge in [0.2, 0.25) is 0 Å². The van der Waals surface area contributed by atoms with Gasteiger partial charge in [-0.3, -0.25) is 0 Å². The predicted molar refractivity (Wildman–Crippen MR) is 85.1 cm³/mol. The molecule has 6 heteroatoms. The minimum Gasteiger partial charge on any atom is -0.487 e. The van der Waals surface area contributed by atoms with Crippen LogP contribution in [0.5, 0.6) is 5.75 Å². The molecule has 0 aromatic heterocycles. The molecule has 0 saturated heterocycles. The van der Waals surface area contributed by atoms with E-state index in [1.165, 1.54) is 5.54 Å². The maximum absolute atomic E-state index is 6.19. The second-order valence-electron chi connectivity index (χ2n) is 4.29. The lowest BCUT2D eigenvalue weighted by molar-refractivity contribution is 0.199. The Hall–Kier alpha value is -0.450. The van der Waals surface area contributed by atoms with Crippen molar-refractivity contribution in [3.05, 3.63) is 38.8 Å². The fourth-order valence-corrected chi connectivity index (χ4v) is 2.17. The zero-order valence-corrected chi connectivity index (χ0v) is 13.8. The topological polar surface area (TPSA) is 30.5 Å². The lowest BCUT2D eigenvalue weighted by Gasteiger charge is -2.14. The number of hydrogen-bond acceptors (Lipinski definition) is 3. The van der Waals surface area contributed by atoms with Crippen LogP contribution in [-0.4, -0.2) is 26.9 Å². The largest absolute Gasteiger partial charge is 0.487 e. The normalized spacial score (nSPS) is 11.8. The van der Waals surface area contributed by atoms with Crippen LogP contribution in [0.15, 0.2) is 23.2 Å². The molecule has 3 nitrogen and oxygen atoms in total. The van der Waals surface area contributed by atoms with Crippen LogP contribution in [0.3, 0.4) is 0 Å². The van der Waals surface area contributed by atoms with Gasteiger partial charge in [0.05, 0.1) is 11.6 Å². The molecule has 20 heavy (non-hydrogen) atoms.